The SMILES string of the molecule is CC(O)c1csc(C2CCOc3ccccc32)n1. The number of ether oxygens (including phenoxy) is 1. The van der Waals surface area contributed by atoms with Gasteiger partial charge in [-0.15, -0.1) is 11.3 Å². The molecule has 2 atom stereocenters. The molecule has 2 unspecified atom stereocenters. The van der Waals surface area contributed by atoms with Crippen molar-refractivity contribution in [1.29, 1.82) is 0 Å². The zero-order chi connectivity index (χ0) is 12.5. The van der Waals surface area contributed by atoms with Crippen LogP contribution in [0, 0.1) is 0 Å². The van der Waals surface area contributed by atoms with Gasteiger partial charge in [0.15, 0.2) is 0 Å². The van der Waals surface area contributed by atoms with E-state index in [1.54, 1.807) is 18.3 Å². The first-order chi connectivity index (χ1) is 8.75. The summed E-state index contributed by atoms with van der Waals surface area (Å²) in [5.41, 5.74) is 1.97. The Kier molecular flexibility index (Phi) is 3.06. The standard InChI is InChI=1S/C14H15NO2S/c1-9(16)12-8-18-14(15-12)11-6-7-17-13-5-3-2-4-10(11)13/h2-5,8-9,11,16H,6-7H2,1H3. The Morgan fingerprint density at radius 3 is 3.06 bits per heavy atom. The van der Waals surface area contributed by atoms with Crippen molar-refractivity contribution in [1.82, 2.24) is 4.98 Å². The van der Waals surface area contributed by atoms with Gasteiger partial charge < -0.3 is 9.84 Å². The molecule has 1 N–H and O–H groups in total. The first-order valence-corrected chi connectivity index (χ1v) is 6.99. The van der Waals surface area contributed by atoms with Gasteiger partial charge in [-0.2, -0.15) is 0 Å². The molecule has 94 valence electrons. The highest BCUT2D eigenvalue weighted by Crippen LogP contribution is 2.39. The Balaban J connectivity index is 1.97. The first-order valence-electron chi connectivity index (χ1n) is 6.11. The molecule has 1 aromatic heterocycles. The first kappa shape index (κ1) is 11.7. The average molecular weight is 261 g/mol. The number of hydrogen-bond donors (Lipinski definition) is 1. The van der Waals surface area contributed by atoms with Gasteiger partial charge in [-0.05, 0) is 19.4 Å². The lowest BCUT2D eigenvalue weighted by molar-refractivity contribution is 0.194. The lowest BCUT2D eigenvalue weighted by Crippen LogP contribution is -2.15. The van der Waals surface area contributed by atoms with Gasteiger partial charge >= 0.3 is 0 Å². The summed E-state index contributed by atoms with van der Waals surface area (Å²) in [4.78, 5) is 4.55. The number of thiazole rings is 1. The molecule has 3 nitrogen and oxygen atoms in total. The molecule has 0 saturated heterocycles. The summed E-state index contributed by atoms with van der Waals surface area (Å²) in [5, 5.41) is 12.6. The summed E-state index contributed by atoms with van der Waals surface area (Å²) >= 11 is 1.62. The number of hydrogen-bond acceptors (Lipinski definition) is 4. The van der Waals surface area contributed by atoms with Crippen molar-refractivity contribution in [3.63, 3.8) is 0 Å². The van der Waals surface area contributed by atoms with E-state index in [0.717, 1.165) is 29.5 Å². The number of aromatic nitrogens is 1. The van der Waals surface area contributed by atoms with Crippen LogP contribution in [-0.2, 0) is 0 Å². The number of benzene rings is 1. The molecule has 1 aromatic carbocycles. The van der Waals surface area contributed by atoms with E-state index in [4.69, 9.17) is 4.74 Å². The van der Waals surface area contributed by atoms with Gasteiger partial charge in [0.2, 0.25) is 0 Å². The monoisotopic (exact) mass is 261 g/mol. The van der Waals surface area contributed by atoms with Crippen LogP contribution in [0.15, 0.2) is 29.6 Å². The van der Waals surface area contributed by atoms with Crippen LogP contribution < -0.4 is 4.74 Å². The molecule has 2 heterocycles. The fourth-order valence-electron chi connectivity index (χ4n) is 2.25. The Labute approximate surface area is 110 Å². The fraction of sp³-hybridized carbons (Fsp3) is 0.357. The van der Waals surface area contributed by atoms with Crippen molar-refractivity contribution in [3.05, 3.63) is 45.9 Å². The van der Waals surface area contributed by atoms with Gasteiger partial charge in [0.1, 0.15) is 10.8 Å². The number of para-hydroxylation sites is 1. The highest BCUT2D eigenvalue weighted by molar-refractivity contribution is 7.09. The maximum Gasteiger partial charge on any atom is 0.123 e. The Morgan fingerprint density at radius 2 is 2.28 bits per heavy atom. The molecule has 3 rings (SSSR count). The van der Waals surface area contributed by atoms with Gasteiger partial charge in [0, 0.05) is 16.9 Å². The molecule has 0 saturated carbocycles. The van der Waals surface area contributed by atoms with Crippen molar-refractivity contribution in [2.24, 2.45) is 0 Å². The summed E-state index contributed by atoms with van der Waals surface area (Å²) in [5.74, 6) is 1.26. The summed E-state index contributed by atoms with van der Waals surface area (Å²) in [6, 6.07) is 8.13. The number of nitrogens with zero attached hydrogens (tertiary/aromatic N) is 1. The molecule has 0 fully saturated rings. The molecule has 0 aliphatic carbocycles. The summed E-state index contributed by atoms with van der Waals surface area (Å²) < 4.78 is 5.66. The molecule has 18 heavy (non-hydrogen) atoms. The van der Waals surface area contributed by atoms with Crippen LogP contribution >= 0.6 is 11.3 Å². The van der Waals surface area contributed by atoms with Crippen LogP contribution in [0.5, 0.6) is 5.75 Å². The van der Waals surface area contributed by atoms with Gasteiger partial charge in [0.05, 0.1) is 18.4 Å². The molecule has 4 heteroatoms. The quantitative estimate of drug-likeness (QED) is 0.903. The molecule has 0 amide bonds. The third-order valence-corrected chi connectivity index (χ3v) is 4.20. The minimum Gasteiger partial charge on any atom is -0.493 e. The van der Waals surface area contributed by atoms with E-state index >= 15 is 0 Å². The summed E-state index contributed by atoms with van der Waals surface area (Å²) in [6.07, 6.45) is 0.453. The van der Waals surface area contributed by atoms with E-state index in [0.29, 0.717) is 5.92 Å². The predicted octanol–water partition coefficient (Wildman–Crippen LogP) is 3.11. The van der Waals surface area contributed by atoms with Gasteiger partial charge in [0.25, 0.3) is 0 Å². The van der Waals surface area contributed by atoms with Crippen molar-refractivity contribution in [3.8, 4) is 5.75 Å². The number of rotatable bonds is 2. The van der Waals surface area contributed by atoms with Crippen LogP contribution in [0.4, 0.5) is 0 Å². The van der Waals surface area contributed by atoms with E-state index < -0.39 is 6.10 Å². The number of aliphatic hydroxyl groups excluding tert-OH is 1. The largest absolute Gasteiger partial charge is 0.493 e. The van der Waals surface area contributed by atoms with Crippen molar-refractivity contribution >= 4 is 11.3 Å². The second-order valence-corrected chi connectivity index (χ2v) is 5.40. The maximum absolute atomic E-state index is 9.55. The van der Waals surface area contributed by atoms with E-state index in [9.17, 15) is 5.11 Å². The third-order valence-electron chi connectivity index (χ3n) is 3.22. The van der Waals surface area contributed by atoms with E-state index in [1.807, 2.05) is 23.6 Å². The molecule has 0 bridgehead atoms. The second-order valence-electron chi connectivity index (χ2n) is 4.51. The minimum atomic E-state index is -0.495. The van der Waals surface area contributed by atoms with Crippen LogP contribution in [0.2, 0.25) is 0 Å². The zero-order valence-corrected chi connectivity index (χ0v) is 11.0. The van der Waals surface area contributed by atoms with E-state index in [2.05, 4.69) is 11.1 Å². The molecule has 0 radical (unpaired) electrons. The lowest BCUT2D eigenvalue weighted by atomic mass is 9.94. The van der Waals surface area contributed by atoms with Crippen molar-refractivity contribution < 1.29 is 9.84 Å². The van der Waals surface area contributed by atoms with Gasteiger partial charge in [-0.25, -0.2) is 4.98 Å². The van der Waals surface area contributed by atoms with Gasteiger partial charge in [-0.1, -0.05) is 18.2 Å². The number of fused-ring (bicyclic) bond motifs is 1. The molecular weight excluding hydrogens is 246 g/mol. The zero-order valence-electron chi connectivity index (χ0n) is 10.2. The van der Waals surface area contributed by atoms with Crippen molar-refractivity contribution in [2.45, 2.75) is 25.4 Å². The predicted molar refractivity (Wildman–Crippen MR) is 71.1 cm³/mol. The minimum absolute atomic E-state index is 0.299. The number of aliphatic hydroxyl groups is 1. The average Bonchev–Trinajstić information content (AvgIpc) is 2.87. The summed E-state index contributed by atoms with van der Waals surface area (Å²) in [7, 11) is 0. The van der Waals surface area contributed by atoms with E-state index in [-0.39, 0.29) is 0 Å². The third kappa shape index (κ3) is 2.02. The molecular formula is C14H15NO2S. The summed E-state index contributed by atoms with van der Waals surface area (Å²) in [6.45, 7) is 2.47. The molecule has 1 aliphatic rings. The Hall–Kier alpha value is -1.39. The maximum atomic E-state index is 9.55. The van der Waals surface area contributed by atoms with Crippen molar-refractivity contribution in [2.75, 3.05) is 6.61 Å². The van der Waals surface area contributed by atoms with Crippen LogP contribution in [0.25, 0.3) is 0 Å². The van der Waals surface area contributed by atoms with Crippen LogP contribution in [0.1, 0.15) is 41.6 Å². The van der Waals surface area contributed by atoms with E-state index in [1.165, 1.54) is 5.56 Å². The van der Waals surface area contributed by atoms with Gasteiger partial charge in [-0.3, -0.25) is 0 Å². The normalized spacial score (nSPS) is 20.0. The topological polar surface area (TPSA) is 42.4 Å². The molecule has 2 aromatic rings. The smallest absolute Gasteiger partial charge is 0.123 e. The lowest BCUT2D eigenvalue weighted by Gasteiger charge is -2.24. The van der Waals surface area contributed by atoms with Crippen LogP contribution in [-0.4, -0.2) is 16.7 Å². The molecule has 0 spiro atoms. The highest BCUT2D eigenvalue weighted by atomic mass is 32.1. The Morgan fingerprint density at radius 1 is 1.44 bits per heavy atom. The highest BCUT2D eigenvalue weighted by Gasteiger charge is 2.25. The Bertz CT molecular complexity index is 550. The van der Waals surface area contributed by atoms with Crippen LogP contribution in [0.3, 0.4) is 0 Å². The second kappa shape index (κ2) is 4.71. The molecule has 1 aliphatic heterocycles. The fourth-order valence-corrected chi connectivity index (χ4v) is 3.31.